The van der Waals surface area contributed by atoms with Gasteiger partial charge in [0, 0.05) is 43.2 Å². The minimum atomic E-state index is -0.926. The average molecular weight is 446 g/mol. The number of carbonyl (C=O) groups is 2. The molecule has 32 heavy (non-hydrogen) atoms. The Morgan fingerprint density at radius 1 is 1.25 bits per heavy atom. The standard InChI is InChI=1S/C23H27FN2O6/c1-12-9-25(7-6-19(12)28)21-15-5-4-13(2)26-10-17(23(30)32-11-31-14(3)27)22(29)16(20(15)26)8-18(21)24/h8,10,12-13,19,28H,4-7,9,11H2,1-3H3/t12-,13-,19-/m0/s1. The van der Waals surface area contributed by atoms with Crippen LogP contribution in [0.2, 0.25) is 0 Å². The average Bonchev–Trinajstić information content (AvgIpc) is 2.73. The minimum Gasteiger partial charge on any atom is -0.428 e. The zero-order valence-corrected chi connectivity index (χ0v) is 18.4. The van der Waals surface area contributed by atoms with E-state index in [2.05, 4.69) is 4.74 Å². The van der Waals surface area contributed by atoms with E-state index in [9.17, 15) is 19.5 Å². The van der Waals surface area contributed by atoms with E-state index in [1.807, 2.05) is 23.3 Å². The quantitative estimate of drug-likeness (QED) is 0.569. The number of rotatable bonds is 4. The van der Waals surface area contributed by atoms with Gasteiger partial charge in [-0.25, -0.2) is 9.18 Å². The Morgan fingerprint density at radius 2 is 2.00 bits per heavy atom. The van der Waals surface area contributed by atoms with E-state index in [0.717, 1.165) is 12.0 Å². The number of esters is 2. The van der Waals surface area contributed by atoms with Crippen LogP contribution in [0.15, 0.2) is 17.1 Å². The number of hydrogen-bond donors (Lipinski definition) is 1. The Kier molecular flexibility index (Phi) is 5.94. The predicted octanol–water partition coefficient (Wildman–Crippen LogP) is 2.53. The molecule has 1 aromatic carbocycles. The van der Waals surface area contributed by atoms with E-state index in [-0.39, 0.29) is 22.9 Å². The normalized spacial score (nSPS) is 22.7. The van der Waals surface area contributed by atoms with Gasteiger partial charge in [-0.15, -0.1) is 0 Å². The summed E-state index contributed by atoms with van der Waals surface area (Å²) in [6.45, 7) is 5.55. The maximum absolute atomic E-state index is 15.4. The zero-order chi connectivity index (χ0) is 23.2. The lowest BCUT2D eigenvalue weighted by Gasteiger charge is -2.38. The Hall–Kier alpha value is -2.94. The number of ether oxygens (including phenoxy) is 2. The molecule has 0 radical (unpaired) electrons. The highest BCUT2D eigenvalue weighted by Crippen LogP contribution is 2.39. The molecule has 3 atom stereocenters. The molecule has 9 heteroatoms. The van der Waals surface area contributed by atoms with E-state index in [4.69, 9.17) is 4.74 Å². The molecule has 8 nitrogen and oxygen atoms in total. The van der Waals surface area contributed by atoms with Crippen molar-refractivity contribution in [3.05, 3.63) is 39.4 Å². The van der Waals surface area contributed by atoms with Gasteiger partial charge < -0.3 is 24.0 Å². The number of anilines is 1. The molecule has 1 N–H and O–H groups in total. The Balaban J connectivity index is 1.82. The summed E-state index contributed by atoms with van der Waals surface area (Å²) in [4.78, 5) is 38.4. The number of piperidine rings is 1. The number of aliphatic hydroxyl groups excluding tert-OH is 1. The number of aliphatic hydroxyl groups is 1. The van der Waals surface area contributed by atoms with E-state index >= 15 is 4.39 Å². The van der Waals surface area contributed by atoms with Crippen LogP contribution in [0.5, 0.6) is 0 Å². The summed E-state index contributed by atoms with van der Waals surface area (Å²) in [5.41, 5.74) is 0.999. The van der Waals surface area contributed by atoms with E-state index in [0.29, 0.717) is 37.1 Å². The van der Waals surface area contributed by atoms with Crippen LogP contribution in [0.4, 0.5) is 10.1 Å². The number of halogens is 1. The maximum Gasteiger partial charge on any atom is 0.346 e. The van der Waals surface area contributed by atoms with Gasteiger partial charge in [-0.05, 0) is 38.2 Å². The van der Waals surface area contributed by atoms with E-state index in [1.165, 1.54) is 19.2 Å². The molecular weight excluding hydrogens is 419 g/mol. The molecule has 0 saturated carbocycles. The second kappa shape index (κ2) is 8.54. The molecule has 3 heterocycles. The topological polar surface area (TPSA) is 98.1 Å². The van der Waals surface area contributed by atoms with Crippen LogP contribution >= 0.6 is 0 Å². The van der Waals surface area contributed by atoms with E-state index in [1.54, 1.807) is 0 Å². The summed E-state index contributed by atoms with van der Waals surface area (Å²) >= 11 is 0. The van der Waals surface area contributed by atoms with Crippen LogP contribution < -0.4 is 10.3 Å². The Labute approximate surface area is 184 Å². The highest BCUT2D eigenvalue weighted by Gasteiger charge is 2.32. The lowest BCUT2D eigenvalue weighted by molar-refractivity contribution is -0.149. The largest absolute Gasteiger partial charge is 0.428 e. The molecule has 1 aromatic heterocycles. The SMILES string of the molecule is CC(=O)OCOC(=O)c1cn2c3c(c(N4CC[C@H](O)[C@@H](C)C4)c(F)cc3c1=O)CC[C@@H]2C. The van der Waals surface area contributed by atoms with Crippen LogP contribution in [-0.4, -0.2) is 47.6 Å². The van der Waals surface area contributed by atoms with Crippen LogP contribution in [0, 0.1) is 11.7 Å². The van der Waals surface area contributed by atoms with Crippen molar-refractivity contribution in [3.8, 4) is 0 Å². The molecule has 2 aromatic rings. The molecule has 0 amide bonds. The van der Waals surface area contributed by atoms with Gasteiger partial charge >= 0.3 is 11.9 Å². The fourth-order valence-electron chi connectivity index (χ4n) is 4.70. The summed E-state index contributed by atoms with van der Waals surface area (Å²) in [6, 6.07) is 1.19. The lowest BCUT2D eigenvalue weighted by Crippen LogP contribution is -2.43. The van der Waals surface area contributed by atoms with Gasteiger partial charge in [0.05, 0.1) is 17.3 Å². The smallest absolute Gasteiger partial charge is 0.346 e. The third-order valence-electron chi connectivity index (χ3n) is 6.48. The molecular formula is C23H27FN2O6. The highest BCUT2D eigenvalue weighted by molar-refractivity contribution is 5.96. The second-order valence-corrected chi connectivity index (χ2v) is 8.71. The van der Waals surface area contributed by atoms with Crippen LogP contribution in [0.1, 0.15) is 55.6 Å². The van der Waals surface area contributed by atoms with Gasteiger partial charge in [-0.2, -0.15) is 0 Å². The number of aromatic nitrogens is 1. The summed E-state index contributed by atoms with van der Waals surface area (Å²) in [5, 5.41) is 10.2. The molecule has 0 aliphatic carbocycles. The Bertz CT molecular complexity index is 1140. The number of nitrogens with zero attached hydrogens (tertiary/aromatic N) is 2. The van der Waals surface area contributed by atoms with Crippen LogP contribution in [-0.2, 0) is 20.7 Å². The van der Waals surface area contributed by atoms with Crippen LogP contribution in [0.3, 0.4) is 0 Å². The molecule has 0 unspecified atom stereocenters. The van der Waals surface area contributed by atoms with Crippen molar-refractivity contribution in [2.45, 2.75) is 52.2 Å². The highest BCUT2D eigenvalue weighted by atomic mass is 19.1. The predicted molar refractivity (Wildman–Crippen MR) is 115 cm³/mol. The van der Waals surface area contributed by atoms with Gasteiger partial charge in [-0.1, -0.05) is 6.92 Å². The van der Waals surface area contributed by atoms with E-state index < -0.39 is 36.1 Å². The molecule has 1 saturated heterocycles. The second-order valence-electron chi connectivity index (χ2n) is 8.71. The molecule has 2 aliphatic heterocycles. The first-order chi connectivity index (χ1) is 15.2. The first-order valence-electron chi connectivity index (χ1n) is 10.8. The van der Waals surface area contributed by atoms with Crippen molar-refractivity contribution in [2.75, 3.05) is 24.8 Å². The summed E-state index contributed by atoms with van der Waals surface area (Å²) in [6.07, 6.45) is 2.92. The number of carbonyl (C=O) groups excluding carboxylic acids is 2. The molecule has 0 spiro atoms. The molecule has 1 fully saturated rings. The number of aryl methyl sites for hydroxylation is 1. The number of hydrogen-bond acceptors (Lipinski definition) is 7. The minimum absolute atomic E-state index is 0.00474. The summed E-state index contributed by atoms with van der Waals surface area (Å²) in [7, 11) is 0. The van der Waals surface area contributed by atoms with Crippen molar-refractivity contribution in [2.24, 2.45) is 5.92 Å². The fourth-order valence-corrected chi connectivity index (χ4v) is 4.70. The monoisotopic (exact) mass is 446 g/mol. The van der Waals surface area contributed by atoms with Crippen molar-refractivity contribution in [1.82, 2.24) is 4.57 Å². The molecule has 2 aliphatic rings. The van der Waals surface area contributed by atoms with Crippen molar-refractivity contribution < 1.29 is 28.6 Å². The maximum atomic E-state index is 15.4. The summed E-state index contributed by atoms with van der Waals surface area (Å²) in [5.74, 6) is -2.05. The first-order valence-corrected chi connectivity index (χ1v) is 10.8. The molecule has 4 rings (SSSR count). The molecule has 0 bridgehead atoms. The first kappa shape index (κ1) is 22.3. The van der Waals surface area contributed by atoms with Gasteiger partial charge in [0.1, 0.15) is 11.4 Å². The van der Waals surface area contributed by atoms with Gasteiger partial charge in [-0.3, -0.25) is 9.59 Å². The fraction of sp³-hybridized carbons (Fsp3) is 0.522. The van der Waals surface area contributed by atoms with Gasteiger partial charge in [0.25, 0.3) is 0 Å². The van der Waals surface area contributed by atoms with Crippen molar-refractivity contribution in [1.29, 1.82) is 0 Å². The third kappa shape index (κ3) is 3.85. The van der Waals surface area contributed by atoms with Gasteiger partial charge in [0.2, 0.25) is 12.2 Å². The number of pyridine rings is 1. The van der Waals surface area contributed by atoms with Crippen molar-refractivity contribution in [3.63, 3.8) is 0 Å². The Morgan fingerprint density at radius 3 is 2.69 bits per heavy atom. The zero-order valence-electron chi connectivity index (χ0n) is 18.4. The summed E-state index contributed by atoms with van der Waals surface area (Å²) < 4.78 is 26.8. The van der Waals surface area contributed by atoms with Crippen molar-refractivity contribution >= 4 is 28.5 Å². The number of benzene rings is 1. The van der Waals surface area contributed by atoms with Gasteiger partial charge in [0.15, 0.2) is 0 Å². The third-order valence-corrected chi connectivity index (χ3v) is 6.48. The molecule has 172 valence electrons. The van der Waals surface area contributed by atoms with Crippen LogP contribution in [0.25, 0.3) is 10.9 Å². The lowest BCUT2D eigenvalue weighted by atomic mass is 9.91.